The van der Waals surface area contributed by atoms with Gasteiger partial charge in [0.2, 0.25) is 0 Å². The lowest BCUT2D eigenvalue weighted by atomic mass is 10.2. The molecule has 1 rings (SSSR count). The van der Waals surface area contributed by atoms with Crippen LogP contribution in [0.4, 0.5) is 4.79 Å². The number of rotatable bonds is 5. The number of carboxylic acid groups (broad SMARTS) is 1. The third-order valence-electron chi connectivity index (χ3n) is 2.08. The molecule has 0 unspecified atom stereocenters. The van der Waals surface area contributed by atoms with E-state index < -0.39 is 18.1 Å². The lowest BCUT2D eigenvalue weighted by molar-refractivity contribution is -0.380. The van der Waals surface area contributed by atoms with E-state index in [0.717, 1.165) is 5.56 Å². The number of quaternary nitrogens is 1. The van der Waals surface area contributed by atoms with Crippen molar-refractivity contribution in [3.8, 4) is 0 Å². The van der Waals surface area contributed by atoms with E-state index in [1.54, 1.807) is 12.1 Å². The first kappa shape index (κ1) is 13.0. The lowest BCUT2D eigenvalue weighted by Gasteiger charge is -2.15. The largest absolute Gasteiger partial charge is 0.548 e. The Bertz CT molecular complexity index is 380. The van der Waals surface area contributed by atoms with Crippen molar-refractivity contribution in [2.75, 3.05) is 6.54 Å². The summed E-state index contributed by atoms with van der Waals surface area (Å²) in [7, 11) is 0. The van der Waals surface area contributed by atoms with E-state index in [4.69, 9.17) is 4.74 Å². The van der Waals surface area contributed by atoms with Gasteiger partial charge in [0.1, 0.15) is 19.2 Å². The van der Waals surface area contributed by atoms with Crippen molar-refractivity contribution in [3.05, 3.63) is 35.9 Å². The molecule has 92 valence electrons. The van der Waals surface area contributed by atoms with Crippen LogP contribution in [0.1, 0.15) is 5.56 Å². The molecule has 6 nitrogen and oxygen atoms in total. The highest BCUT2D eigenvalue weighted by molar-refractivity contribution is 5.78. The molecule has 0 saturated carbocycles. The predicted octanol–water partition coefficient (Wildman–Crippen LogP) is -1.73. The number of ether oxygens (including phenoxy) is 1. The maximum absolute atomic E-state index is 11.2. The number of carbonyl (C=O) groups is 2. The molecule has 1 aromatic rings. The van der Waals surface area contributed by atoms with E-state index in [2.05, 4.69) is 11.1 Å². The van der Waals surface area contributed by atoms with E-state index in [0.29, 0.717) is 0 Å². The average molecular weight is 238 g/mol. The number of benzene rings is 1. The predicted molar refractivity (Wildman–Crippen MR) is 56.3 cm³/mol. The van der Waals surface area contributed by atoms with E-state index >= 15 is 0 Å². The first-order valence-electron chi connectivity index (χ1n) is 5.11. The zero-order valence-electron chi connectivity index (χ0n) is 9.22. The molecule has 0 bridgehead atoms. The van der Waals surface area contributed by atoms with Crippen molar-refractivity contribution >= 4 is 12.1 Å². The maximum Gasteiger partial charge on any atom is 0.408 e. The zero-order valence-corrected chi connectivity index (χ0v) is 9.22. The summed E-state index contributed by atoms with van der Waals surface area (Å²) in [5.41, 5.74) is 4.21. The van der Waals surface area contributed by atoms with Crippen LogP contribution in [0.2, 0.25) is 0 Å². The average Bonchev–Trinajstić information content (AvgIpc) is 2.34. The van der Waals surface area contributed by atoms with Crippen molar-refractivity contribution in [1.82, 2.24) is 5.32 Å². The minimum absolute atomic E-state index is 0.00275. The Morgan fingerprint density at radius 3 is 2.53 bits per heavy atom. The molecule has 0 heterocycles. The van der Waals surface area contributed by atoms with Gasteiger partial charge >= 0.3 is 6.09 Å². The minimum atomic E-state index is -1.38. The van der Waals surface area contributed by atoms with E-state index in [9.17, 15) is 14.7 Å². The number of aliphatic carboxylic acids is 1. The van der Waals surface area contributed by atoms with Crippen molar-refractivity contribution in [3.63, 3.8) is 0 Å². The number of amides is 1. The van der Waals surface area contributed by atoms with Crippen LogP contribution in [0.5, 0.6) is 0 Å². The Hall–Kier alpha value is -2.08. The summed E-state index contributed by atoms with van der Waals surface area (Å²) >= 11 is 0. The summed E-state index contributed by atoms with van der Waals surface area (Å²) < 4.78 is 4.84. The first-order valence-corrected chi connectivity index (χ1v) is 5.11. The minimum Gasteiger partial charge on any atom is -0.548 e. The molecule has 0 saturated heterocycles. The van der Waals surface area contributed by atoms with Gasteiger partial charge < -0.3 is 25.7 Å². The second-order valence-corrected chi connectivity index (χ2v) is 3.37. The van der Waals surface area contributed by atoms with Gasteiger partial charge in [-0.25, -0.2) is 4.79 Å². The van der Waals surface area contributed by atoms with Crippen molar-refractivity contribution in [1.29, 1.82) is 0 Å². The first-order chi connectivity index (χ1) is 8.13. The highest BCUT2D eigenvalue weighted by Gasteiger charge is 2.13. The quantitative estimate of drug-likeness (QED) is 0.636. The number of nitrogens with one attached hydrogen (secondary N) is 1. The zero-order chi connectivity index (χ0) is 12.7. The smallest absolute Gasteiger partial charge is 0.408 e. The molecule has 4 N–H and O–H groups in total. The molecule has 1 aromatic carbocycles. The van der Waals surface area contributed by atoms with Crippen LogP contribution in [0.25, 0.3) is 0 Å². The fraction of sp³-hybridized carbons (Fsp3) is 0.273. The molecular weight excluding hydrogens is 224 g/mol. The molecule has 6 heteroatoms. The fourth-order valence-corrected chi connectivity index (χ4v) is 1.16. The molecule has 0 aliphatic rings. The number of alkyl carbamates (subject to hydrolysis) is 1. The SMILES string of the molecule is [NH3+]C[C@@H](NC(=O)OCc1ccccc1)C(=O)[O-]. The summed E-state index contributed by atoms with van der Waals surface area (Å²) in [5, 5.41) is 12.7. The van der Waals surface area contributed by atoms with Crippen LogP contribution in [0, 0.1) is 0 Å². The van der Waals surface area contributed by atoms with Gasteiger partial charge in [0.05, 0.1) is 5.97 Å². The maximum atomic E-state index is 11.2. The van der Waals surface area contributed by atoms with Gasteiger partial charge in [0.25, 0.3) is 0 Å². The second-order valence-electron chi connectivity index (χ2n) is 3.37. The van der Waals surface area contributed by atoms with Crippen LogP contribution < -0.4 is 16.2 Å². The third kappa shape index (κ3) is 4.52. The number of hydrogen-bond acceptors (Lipinski definition) is 4. The van der Waals surface area contributed by atoms with Gasteiger partial charge in [-0.15, -0.1) is 0 Å². The summed E-state index contributed by atoms with van der Waals surface area (Å²) in [5.74, 6) is -1.38. The summed E-state index contributed by atoms with van der Waals surface area (Å²) in [6, 6.07) is 7.94. The molecule has 0 radical (unpaired) electrons. The fourth-order valence-electron chi connectivity index (χ4n) is 1.16. The molecule has 1 atom stereocenters. The molecule has 1 amide bonds. The van der Waals surface area contributed by atoms with Gasteiger partial charge in [0.15, 0.2) is 0 Å². The van der Waals surface area contributed by atoms with Crippen molar-refractivity contribution < 1.29 is 25.2 Å². The van der Waals surface area contributed by atoms with Gasteiger partial charge in [-0.1, -0.05) is 30.3 Å². The molecule has 17 heavy (non-hydrogen) atoms. The number of carboxylic acids is 1. The number of carbonyl (C=O) groups excluding carboxylic acids is 2. The van der Waals surface area contributed by atoms with Gasteiger partial charge in [-0.05, 0) is 5.56 Å². The molecule has 0 aliphatic carbocycles. The van der Waals surface area contributed by atoms with Crippen LogP contribution >= 0.6 is 0 Å². The summed E-state index contributed by atoms with van der Waals surface area (Å²) in [6.07, 6.45) is -0.799. The Morgan fingerprint density at radius 1 is 1.35 bits per heavy atom. The second kappa shape index (κ2) is 6.49. The standard InChI is InChI=1S/C11H14N2O4/c12-6-9(10(14)15)13-11(16)17-7-8-4-2-1-3-5-8/h1-5,9H,6-7,12H2,(H,13,16)(H,14,15)/t9-/m1/s1. The van der Waals surface area contributed by atoms with Crippen LogP contribution in [-0.2, 0) is 16.1 Å². The summed E-state index contributed by atoms with van der Waals surface area (Å²) in [4.78, 5) is 21.8. The third-order valence-corrected chi connectivity index (χ3v) is 2.08. The molecular formula is C11H14N2O4. The molecule has 0 aromatic heterocycles. The summed E-state index contributed by atoms with van der Waals surface area (Å²) in [6.45, 7) is 0.0896. The van der Waals surface area contributed by atoms with Gasteiger partial charge in [-0.2, -0.15) is 0 Å². The lowest BCUT2D eigenvalue weighted by Crippen LogP contribution is -2.64. The van der Waals surface area contributed by atoms with Gasteiger partial charge in [0, 0.05) is 0 Å². The Labute approximate surface area is 98.4 Å². The van der Waals surface area contributed by atoms with Gasteiger partial charge in [-0.3, -0.25) is 0 Å². The molecule has 0 fully saturated rings. The Kier molecular flexibility index (Phi) is 4.96. The van der Waals surface area contributed by atoms with E-state index in [1.807, 2.05) is 18.2 Å². The van der Waals surface area contributed by atoms with E-state index in [-0.39, 0.29) is 13.2 Å². The van der Waals surface area contributed by atoms with Crippen LogP contribution in [-0.4, -0.2) is 24.6 Å². The highest BCUT2D eigenvalue weighted by Crippen LogP contribution is 2.00. The normalized spacial score (nSPS) is 11.6. The number of hydrogen-bond donors (Lipinski definition) is 2. The Morgan fingerprint density at radius 2 is 2.00 bits per heavy atom. The molecule has 0 spiro atoms. The van der Waals surface area contributed by atoms with Crippen molar-refractivity contribution in [2.45, 2.75) is 12.6 Å². The van der Waals surface area contributed by atoms with Crippen LogP contribution in [0.15, 0.2) is 30.3 Å². The Balaban J connectivity index is 2.37. The van der Waals surface area contributed by atoms with E-state index in [1.165, 1.54) is 0 Å². The monoisotopic (exact) mass is 238 g/mol. The highest BCUT2D eigenvalue weighted by atomic mass is 16.5. The van der Waals surface area contributed by atoms with Crippen molar-refractivity contribution in [2.24, 2.45) is 0 Å². The van der Waals surface area contributed by atoms with Crippen LogP contribution in [0.3, 0.4) is 0 Å². The topological polar surface area (TPSA) is 106 Å². The molecule has 0 aliphatic heterocycles.